The van der Waals surface area contributed by atoms with Crippen LogP contribution in [-0.2, 0) is 25.7 Å². The minimum atomic E-state index is -5.08. The summed E-state index contributed by atoms with van der Waals surface area (Å²) in [5, 5.41) is 14.3. The zero-order chi connectivity index (χ0) is 42.1. The van der Waals surface area contributed by atoms with Gasteiger partial charge in [-0.1, -0.05) is 18.7 Å². The zero-order valence-electron chi connectivity index (χ0n) is 32.6. The molecule has 3 aliphatic rings. The summed E-state index contributed by atoms with van der Waals surface area (Å²) < 4.78 is 37.2. The molecule has 314 valence electrons. The number of aromatic nitrogens is 4. The quantitative estimate of drug-likeness (QED) is 0.171. The number of pyridine rings is 1. The van der Waals surface area contributed by atoms with Gasteiger partial charge in [-0.15, -0.1) is 0 Å². The molecule has 6 heterocycles. The highest BCUT2D eigenvalue weighted by atomic mass is 19.4. The molecule has 0 radical (unpaired) electrons. The molecule has 3 amide bonds. The van der Waals surface area contributed by atoms with Gasteiger partial charge < -0.3 is 35.3 Å². The Morgan fingerprint density at radius 2 is 1.66 bits per heavy atom. The lowest BCUT2D eigenvalue weighted by atomic mass is 10.0. The Morgan fingerprint density at radius 1 is 0.949 bits per heavy atom. The van der Waals surface area contributed by atoms with E-state index in [1.165, 1.54) is 0 Å². The number of piperidine rings is 1. The average Bonchev–Trinajstić information content (AvgIpc) is 3.67. The van der Waals surface area contributed by atoms with Crippen molar-refractivity contribution in [3.05, 3.63) is 78.4 Å². The number of hydrogen-bond donors (Lipinski definition) is 4. The predicted octanol–water partition coefficient (Wildman–Crippen LogP) is 3.54. The molecule has 0 spiro atoms. The monoisotopic (exact) mass is 820 g/mol. The number of nitrogens with one attached hydrogen (secondary N) is 3. The zero-order valence-corrected chi connectivity index (χ0v) is 32.6. The van der Waals surface area contributed by atoms with Gasteiger partial charge in [0.2, 0.25) is 11.8 Å². The van der Waals surface area contributed by atoms with Gasteiger partial charge in [0.1, 0.15) is 23.5 Å². The van der Waals surface area contributed by atoms with Gasteiger partial charge in [-0.25, -0.2) is 14.8 Å². The lowest BCUT2D eigenvalue weighted by molar-refractivity contribution is -0.192. The number of anilines is 2. The first-order valence-electron chi connectivity index (χ1n) is 19.3. The molecule has 0 unspecified atom stereocenters. The number of aromatic amines is 1. The predicted molar refractivity (Wildman–Crippen MR) is 213 cm³/mol. The summed E-state index contributed by atoms with van der Waals surface area (Å²) in [7, 11) is 0. The lowest BCUT2D eigenvalue weighted by Crippen LogP contribution is -2.50. The van der Waals surface area contributed by atoms with Gasteiger partial charge in [-0.3, -0.25) is 29.2 Å². The van der Waals surface area contributed by atoms with E-state index >= 15 is 0 Å². The van der Waals surface area contributed by atoms with Gasteiger partial charge in [-0.05, 0) is 60.8 Å². The number of rotatable bonds is 10. The normalized spacial score (nSPS) is 17.8. The minimum Gasteiger partial charge on any atom is -0.475 e. The molecule has 19 heteroatoms. The smallest absolute Gasteiger partial charge is 0.475 e. The number of fused-ring (bicyclic) bond motifs is 1. The number of aliphatic carboxylic acids is 1. The summed E-state index contributed by atoms with van der Waals surface area (Å²) in [6.45, 7) is 14.2. The van der Waals surface area contributed by atoms with Gasteiger partial charge in [0.05, 0.1) is 18.6 Å². The summed E-state index contributed by atoms with van der Waals surface area (Å²) in [6, 6.07) is 13.5. The molecule has 1 atom stereocenters. The molecule has 0 saturated carbocycles. The van der Waals surface area contributed by atoms with Crippen molar-refractivity contribution < 1.29 is 42.2 Å². The first-order valence-corrected chi connectivity index (χ1v) is 19.3. The minimum absolute atomic E-state index is 0.0178. The van der Waals surface area contributed by atoms with Crippen molar-refractivity contribution in [1.82, 2.24) is 40.0 Å². The van der Waals surface area contributed by atoms with Crippen molar-refractivity contribution in [3.63, 3.8) is 0 Å². The molecule has 1 aromatic carbocycles. The number of nitrogens with zero attached hydrogens (tertiary/aromatic N) is 7. The number of alkyl halides is 3. The van der Waals surface area contributed by atoms with Crippen LogP contribution in [0.3, 0.4) is 0 Å². The lowest BCUT2D eigenvalue weighted by Gasteiger charge is -2.35. The Balaban J connectivity index is 0.000000768. The first kappa shape index (κ1) is 42.7. The molecule has 3 saturated heterocycles. The van der Waals surface area contributed by atoms with Crippen LogP contribution in [0.25, 0.3) is 22.3 Å². The maximum atomic E-state index is 13.2. The van der Waals surface area contributed by atoms with Crippen LogP contribution < -0.4 is 15.5 Å². The number of piperazine rings is 1. The highest BCUT2D eigenvalue weighted by Gasteiger charge is 2.38. The van der Waals surface area contributed by atoms with Crippen molar-refractivity contribution >= 4 is 46.2 Å². The number of amides is 3. The fraction of sp³-hybridized carbons (Fsp3) is 0.425. The third-order valence-corrected chi connectivity index (χ3v) is 10.3. The van der Waals surface area contributed by atoms with Crippen molar-refractivity contribution in [2.24, 2.45) is 0 Å². The van der Waals surface area contributed by atoms with Crippen LogP contribution in [-0.4, -0.2) is 148 Å². The molecule has 4 N–H and O–H groups in total. The van der Waals surface area contributed by atoms with Gasteiger partial charge in [0.15, 0.2) is 0 Å². The second-order valence-electron chi connectivity index (χ2n) is 14.6. The molecule has 3 aromatic heterocycles. The molecule has 0 bridgehead atoms. The summed E-state index contributed by atoms with van der Waals surface area (Å²) in [6.07, 6.45) is 0.0290. The van der Waals surface area contributed by atoms with E-state index in [0.717, 1.165) is 79.2 Å². The van der Waals surface area contributed by atoms with Crippen LogP contribution in [0, 0.1) is 0 Å². The maximum Gasteiger partial charge on any atom is 0.490 e. The van der Waals surface area contributed by atoms with E-state index < -0.39 is 12.1 Å². The number of carboxylic acid groups (broad SMARTS) is 1. The molecular formula is C40H47F3N10O6. The van der Waals surface area contributed by atoms with Crippen LogP contribution >= 0.6 is 0 Å². The second-order valence-corrected chi connectivity index (χ2v) is 14.6. The van der Waals surface area contributed by atoms with Crippen LogP contribution in [0.2, 0.25) is 0 Å². The topological polar surface area (TPSA) is 189 Å². The molecule has 3 fully saturated rings. The largest absolute Gasteiger partial charge is 0.490 e. The van der Waals surface area contributed by atoms with E-state index in [2.05, 4.69) is 57.9 Å². The Hall–Kier alpha value is -5.92. The fourth-order valence-electron chi connectivity index (χ4n) is 7.16. The van der Waals surface area contributed by atoms with Crippen LogP contribution in [0.1, 0.15) is 35.8 Å². The number of benzene rings is 1. The van der Waals surface area contributed by atoms with Gasteiger partial charge >= 0.3 is 12.1 Å². The number of carbonyl (C=O) groups is 4. The van der Waals surface area contributed by atoms with Crippen molar-refractivity contribution in [3.8, 4) is 11.3 Å². The van der Waals surface area contributed by atoms with E-state index in [0.29, 0.717) is 62.9 Å². The summed E-state index contributed by atoms with van der Waals surface area (Å²) in [5.74, 6) is -2.17. The number of carboxylic acids is 1. The molecule has 4 aromatic rings. The molecule has 59 heavy (non-hydrogen) atoms. The van der Waals surface area contributed by atoms with Gasteiger partial charge in [0, 0.05) is 95.0 Å². The third-order valence-electron chi connectivity index (χ3n) is 10.3. The summed E-state index contributed by atoms with van der Waals surface area (Å²) in [4.78, 5) is 72.0. The Labute approximate surface area is 338 Å². The third kappa shape index (κ3) is 11.6. The van der Waals surface area contributed by atoms with Gasteiger partial charge in [0.25, 0.3) is 5.91 Å². The molecular weight excluding hydrogens is 773 g/mol. The average molecular weight is 821 g/mol. The van der Waals surface area contributed by atoms with Crippen molar-refractivity contribution in [2.75, 3.05) is 82.3 Å². The number of likely N-dealkylation sites (tertiary alicyclic amines) is 1. The molecule has 7 rings (SSSR count). The number of carbonyl (C=O) groups excluding carboxylic acids is 3. The van der Waals surface area contributed by atoms with E-state index in [1.54, 1.807) is 19.4 Å². The summed E-state index contributed by atoms with van der Waals surface area (Å²) in [5.41, 5.74) is 5.19. The van der Waals surface area contributed by atoms with Crippen LogP contribution in [0.5, 0.6) is 0 Å². The van der Waals surface area contributed by atoms with E-state index in [4.69, 9.17) is 14.6 Å². The van der Waals surface area contributed by atoms with Crippen molar-refractivity contribution in [2.45, 2.75) is 38.5 Å². The van der Waals surface area contributed by atoms with E-state index in [1.807, 2.05) is 41.3 Å². The van der Waals surface area contributed by atoms with E-state index in [-0.39, 0.29) is 23.8 Å². The Morgan fingerprint density at radius 3 is 2.34 bits per heavy atom. The number of halogens is 3. The summed E-state index contributed by atoms with van der Waals surface area (Å²) >= 11 is 0. The highest BCUT2D eigenvalue weighted by Crippen LogP contribution is 2.30. The van der Waals surface area contributed by atoms with Crippen LogP contribution in [0.15, 0.2) is 67.1 Å². The van der Waals surface area contributed by atoms with Crippen LogP contribution in [0.4, 0.5) is 24.7 Å². The van der Waals surface area contributed by atoms with Crippen molar-refractivity contribution in [1.29, 1.82) is 0 Å². The SMILES string of the molecule is C=C(CN1CCN(C(C)=O)CC1)C(=O)N[C@@H]1CCCN(Cc2ccnc(C(=O)Nc3ccc(-c4cc5c(N6CCOCC6)ncnc5[nH]4)cc3)c2)C1.O=C(O)C(F)(F)F. The maximum absolute atomic E-state index is 13.2. The fourth-order valence-corrected chi connectivity index (χ4v) is 7.16. The molecule has 16 nitrogen and oxygen atoms in total. The molecule has 3 aliphatic heterocycles. The second kappa shape index (κ2) is 19.2. The van der Waals surface area contributed by atoms with Gasteiger partial charge in [-0.2, -0.15) is 13.2 Å². The van der Waals surface area contributed by atoms with E-state index in [9.17, 15) is 27.6 Å². The number of H-pyrrole nitrogens is 1. The first-order chi connectivity index (χ1) is 28.2. The Bertz CT molecular complexity index is 2130. The number of hydrogen-bond acceptors (Lipinski definition) is 11. The highest BCUT2D eigenvalue weighted by molar-refractivity contribution is 6.03. The molecule has 0 aliphatic carbocycles. The standard InChI is InChI=1S/C38H46N10O4.C2HF3O2/c1-26(22-45-12-14-47(15-13-45)27(2)49)37(50)43-31-4-3-11-46(24-31)23-28-9-10-39-34(20-28)38(51)42-30-7-5-29(6-8-30)33-21-32-35(44-33)40-25-41-36(32)48-16-18-52-19-17-48;3-2(4,5)1(6)7/h5-10,20-21,25,31H,1,3-4,11-19,22-24H2,2H3,(H,42,51)(H,43,50)(H,40,41,44);(H,6,7)/t31-;/m1./s1. The Kier molecular flexibility index (Phi) is 13.9. The number of morpholine rings is 1. The number of ether oxygens (including phenoxy) is 1.